The molecule has 0 fully saturated rings. The number of nitrogens with zero attached hydrogens (tertiary/aromatic N) is 1. The average molecular weight is 261 g/mol. The van der Waals surface area contributed by atoms with Crippen LogP contribution >= 0.6 is 0 Å². The van der Waals surface area contributed by atoms with Gasteiger partial charge in [-0.2, -0.15) is 0 Å². The first-order valence-corrected chi connectivity index (χ1v) is 6.57. The second-order valence-corrected chi connectivity index (χ2v) is 4.60. The van der Waals surface area contributed by atoms with Gasteiger partial charge in [-0.1, -0.05) is 18.2 Å². The number of hydrogen-bond donors (Lipinski definition) is 2. The van der Waals surface area contributed by atoms with Crippen molar-refractivity contribution in [1.29, 1.82) is 0 Å². The Morgan fingerprint density at radius 3 is 2.89 bits per heavy atom. The van der Waals surface area contributed by atoms with E-state index in [9.17, 15) is 9.59 Å². The van der Waals surface area contributed by atoms with Crippen molar-refractivity contribution in [3.63, 3.8) is 0 Å². The minimum atomic E-state index is -0.171. The van der Waals surface area contributed by atoms with E-state index in [4.69, 9.17) is 5.73 Å². The van der Waals surface area contributed by atoms with Crippen LogP contribution in [-0.2, 0) is 16.0 Å². The van der Waals surface area contributed by atoms with Crippen LogP contribution in [0.1, 0.15) is 18.4 Å². The summed E-state index contributed by atoms with van der Waals surface area (Å²) < 4.78 is 0. The van der Waals surface area contributed by atoms with E-state index in [0.29, 0.717) is 19.5 Å². The van der Waals surface area contributed by atoms with Gasteiger partial charge in [0.2, 0.25) is 11.8 Å². The molecule has 0 aromatic heterocycles. The monoisotopic (exact) mass is 261 g/mol. The Morgan fingerprint density at radius 1 is 1.32 bits per heavy atom. The number of nitrogens with one attached hydrogen (secondary N) is 1. The van der Waals surface area contributed by atoms with Crippen LogP contribution in [0, 0.1) is 0 Å². The highest BCUT2D eigenvalue weighted by molar-refractivity contribution is 5.99. The van der Waals surface area contributed by atoms with E-state index in [2.05, 4.69) is 5.32 Å². The van der Waals surface area contributed by atoms with E-state index in [-0.39, 0.29) is 18.4 Å². The summed E-state index contributed by atoms with van der Waals surface area (Å²) in [6, 6.07) is 7.76. The van der Waals surface area contributed by atoms with Gasteiger partial charge in [0.15, 0.2) is 0 Å². The van der Waals surface area contributed by atoms with Gasteiger partial charge in [0.05, 0.1) is 0 Å². The number of nitrogens with two attached hydrogens (primary N) is 1. The zero-order valence-corrected chi connectivity index (χ0v) is 10.9. The first-order chi connectivity index (χ1) is 9.22. The van der Waals surface area contributed by atoms with Crippen molar-refractivity contribution in [2.24, 2.45) is 5.73 Å². The summed E-state index contributed by atoms with van der Waals surface area (Å²) in [4.78, 5) is 25.5. The van der Waals surface area contributed by atoms with Crippen LogP contribution in [0.25, 0.3) is 0 Å². The van der Waals surface area contributed by atoms with Gasteiger partial charge in [0.25, 0.3) is 0 Å². The maximum Gasteiger partial charge on any atom is 0.240 e. The molecule has 2 amide bonds. The molecule has 1 aliphatic heterocycles. The Bertz CT molecular complexity index is 474. The number of benzene rings is 1. The summed E-state index contributed by atoms with van der Waals surface area (Å²) in [6.45, 7) is 0.897. The number of aryl methyl sites for hydroxylation is 1. The highest BCUT2D eigenvalue weighted by atomic mass is 16.2. The predicted octanol–water partition coefficient (Wildman–Crippen LogP) is 0.431. The van der Waals surface area contributed by atoms with Crippen molar-refractivity contribution in [2.75, 3.05) is 24.5 Å². The number of carbonyl (C=O) groups excluding carboxylic acids is 2. The first-order valence-electron chi connectivity index (χ1n) is 6.57. The number of anilines is 1. The summed E-state index contributed by atoms with van der Waals surface area (Å²) in [5.74, 6) is -0.164. The van der Waals surface area contributed by atoms with Crippen LogP contribution in [-0.4, -0.2) is 31.4 Å². The molecular weight excluding hydrogens is 242 g/mol. The maximum absolute atomic E-state index is 12.1. The smallest absolute Gasteiger partial charge is 0.240 e. The number of carbonyl (C=O) groups is 2. The number of para-hydroxylation sites is 1. The lowest BCUT2D eigenvalue weighted by molar-refractivity contribution is -0.123. The van der Waals surface area contributed by atoms with Gasteiger partial charge < -0.3 is 16.0 Å². The molecule has 1 aromatic rings. The van der Waals surface area contributed by atoms with Crippen molar-refractivity contribution in [1.82, 2.24) is 5.32 Å². The van der Waals surface area contributed by atoms with Gasteiger partial charge in [-0.05, 0) is 24.5 Å². The number of hydrogen-bond acceptors (Lipinski definition) is 3. The molecule has 2 rings (SSSR count). The summed E-state index contributed by atoms with van der Waals surface area (Å²) in [5, 5.41) is 2.69. The van der Waals surface area contributed by atoms with Crippen LogP contribution in [0.3, 0.4) is 0 Å². The van der Waals surface area contributed by atoms with Crippen molar-refractivity contribution in [3.05, 3.63) is 29.8 Å². The Labute approximate surface area is 112 Å². The van der Waals surface area contributed by atoms with E-state index in [1.54, 1.807) is 4.90 Å². The van der Waals surface area contributed by atoms with Gasteiger partial charge in [-0.15, -0.1) is 0 Å². The summed E-state index contributed by atoms with van der Waals surface area (Å²) in [5.41, 5.74) is 7.32. The standard InChI is InChI=1S/C14H19N3O2/c15-8-9-16-13(18)10-17-12-6-2-1-4-11(12)5-3-7-14(17)19/h1-2,4,6H,3,5,7-10,15H2,(H,16,18). The largest absolute Gasteiger partial charge is 0.353 e. The molecule has 0 radical (unpaired) electrons. The quantitative estimate of drug-likeness (QED) is 0.825. The second-order valence-electron chi connectivity index (χ2n) is 4.60. The predicted molar refractivity (Wildman–Crippen MR) is 73.8 cm³/mol. The zero-order valence-electron chi connectivity index (χ0n) is 10.9. The fraction of sp³-hybridized carbons (Fsp3) is 0.429. The van der Waals surface area contributed by atoms with E-state index in [1.807, 2.05) is 24.3 Å². The third-order valence-electron chi connectivity index (χ3n) is 3.19. The lowest BCUT2D eigenvalue weighted by Crippen LogP contribution is -2.41. The van der Waals surface area contributed by atoms with Crippen molar-refractivity contribution < 1.29 is 9.59 Å². The average Bonchev–Trinajstić information content (AvgIpc) is 2.57. The fourth-order valence-corrected chi connectivity index (χ4v) is 2.27. The molecule has 5 heteroatoms. The van der Waals surface area contributed by atoms with Gasteiger partial charge in [-0.25, -0.2) is 0 Å². The van der Waals surface area contributed by atoms with Crippen molar-refractivity contribution >= 4 is 17.5 Å². The van der Waals surface area contributed by atoms with Gasteiger partial charge in [-0.3, -0.25) is 9.59 Å². The summed E-state index contributed by atoms with van der Waals surface area (Å²) in [7, 11) is 0. The van der Waals surface area contributed by atoms with Crippen LogP contribution in [0.2, 0.25) is 0 Å². The molecule has 0 unspecified atom stereocenters. The lowest BCUT2D eigenvalue weighted by Gasteiger charge is -2.22. The van der Waals surface area contributed by atoms with Crippen molar-refractivity contribution in [3.8, 4) is 0 Å². The minimum Gasteiger partial charge on any atom is -0.353 e. The molecule has 102 valence electrons. The molecule has 0 spiro atoms. The summed E-state index contributed by atoms with van der Waals surface area (Å²) in [6.07, 6.45) is 2.19. The minimum absolute atomic E-state index is 0.00727. The third kappa shape index (κ3) is 3.32. The summed E-state index contributed by atoms with van der Waals surface area (Å²) >= 11 is 0. The molecule has 0 aliphatic carbocycles. The lowest BCUT2D eigenvalue weighted by atomic mass is 10.1. The van der Waals surface area contributed by atoms with Crippen LogP contribution in [0.4, 0.5) is 5.69 Å². The Hall–Kier alpha value is -1.88. The Balaban J connectivity index is 2.17. The van der Waals surface area contributed by atoms with E-state index in [0.717, 1.165) is 24.1 Å². The van der Waals surface area contributed by atoms with E-state index in [1.165, 1.54) is 0 Å². The molecule has 0 atom stereocenters. The molecule has 0 saturated carbocycles. The molecule has 1 aliphatic rings. The van der Waals surface area contributed by atoms with Gasteiger partial charge >= 0.3 is 0 Å². The van der Waals surface area contributed by atoms with Gasteiger partial charge in [0, 0.05) is 25.2 Å². The van der Waals surface area contributed by atoms with Crippen LogP contribution in [0.15, 0.2) is 24.3 Å². The topological polar surface area (TPSA) is 75.4 Å². The highest BCUT2D eigenvalue weighted by Crippen LogP contribution is 2.26. The molecule has 1 aromatic carbocycles. The van der Waals surface area contributed by atoms with Crippen molar-refractivity contribution in [2.45, 2.75) is 19.3 Å². The number of fused-ring (bicyclic) bond motifs is 1. The fourth-order valence-electron chi connectivity index (χ4n) is 2.27. The normalized spacial score (nSPS) is 14.8. The van der Waals surface area contributed by atoms with E-state index < -0.39 is 0 Å². The van der Waals surface area contributed by atoms with E-state index >= 15 is 0 Å². The molecular formula is C14H19N3O2. The number of rotatable bonds is 4. The Morgan fingerprint density at radius 2 is 2.11 bits per heavy atom. The molecule has 0 bridgehead atoms. The maximum atomic E-state index is 12.1. The first kappa shape index (κ1) is 13.5. The molecule has 3 N–H and O–H groups in total. The van der Waals surface area contributed by atoms with Gasteiger partial charge in [0.1, 0.15) is 6.54 Å². The molecule has 19 heavy (non-hydrogen) atoms. The molecule has 1 heterocycles. The van der Waals surface area contributed by atoms with Crippen LogP contribution in [0.5, 0.6) is 0 Å². The highest BCUT2D eigenvalue weighted by Gasteiger charge is 2.23. The number of amides is 2. The van der Waals surface area contributed by atoms with Crippen LogP contribution < -0.4 is 16.0 Å². The molecule has 0 saturated heterocycles. The SMILES string of the molecule is NCCNC(=O)CN1C(=O)CCCc2ccccc21. The second kappa shape index (κ2) is 6.33. The Kier molecular flexibility index (Phi) is 4.52. The zero-order chi connectivity index (χ0) is 13.7. The molecule has 5 nitrogen and oxygen atoms in total. The third-order valence-corrected chi connectivity index (χ3v) is 3.19.